The minimum Gasteiger partial charge on any atom is -0.384 e. The molecule has 2 rings (SSSR count). The molecule has 0 aromatic carbocycles. The third kappa shape index (κ3) is 2.76. The molecular weight excluding hydrogens is 216 g/mol. The van der Waals surface area contributed by atoms with Gasteiger partial charge in [-0.15, -0.1) is 0 Å². The van der Waals surface area contributed by atoms with Crippen molar-refractivity contribution in [3.05, 3.63) is 35.9 Å². The summed E-state index contributed by atoms with van der Waals surface area (Å²) in [6.07, 6.45) is 1.75. The van der Waals surface area contributed by atoms with Crippen molar-refractivity contribution in [2.45, 2.75) is 13.5 Å². The molecule has 0 amide bonds. The van der Waals surface area contributed by atoms with Gasteiger partial charge >= 0.3 is 0 Å². The van der Waals surface area contributed by atoms with E-state index >= 15 is 0 Å². The van der Waals surface area contributed by atoms with E-state index in [1.807, 2.05) is 19.1 Å². The highest BCUT2D eigenvalue weighted by Crippen LogP contribution is 2.19. The molecule has 0 aliphatic carbocycles. The van der Waals surface area contributed by atoms with Crippen molar-refractivity contribution in [2.75, 3.05) is 12.8 Å². The number of nitrogens with zero attached hydrogens (tertiary/aromatic N) is 3. The number of hydrogen-bond donors (Lipinski definition) is 1. The van der Waals surface area contributed by atoms with Crippen LogP contribution in [0, 0.1) is 6.92 Å². The SMILES string of the molecule is COCc1nc(N)cc(-c2ccnc(C)c2)n1. The van der Waals surface area contributed by atoms with Crippen LogP contribution in [0.4, 0.5) is 5.82 Å². The molecule has 0 bridgehead atoms. The maximum Gasteiger partial charge on any atom is 0.157 e. The number of hydrogen-bond acceptors (Lipinski definition) is 5. The van der Waals surface area contributed by atoms with Gasteiger partial charge in [0.25, 0.3) is 0 Å². The highest BCUT2D eigenvalue weighted by molar-refractivity contribution is 5.61. The molecule has 2 N–H and O–H groups in total. The fourth-order valence-electron chi connectivity index (χ4n) is 1.56. The molecule has 0 spiro atoms. The molecule has 0 unspecified atom stereocenters. The van der Waals surface area contributed by atoms with Crippen molar-refractivity contribution in [1.82, 2.24) is 15.0 Å². The van der Waals surface area contributed by atoms with Gasteiger partial charge in [0.05, 0.1) is 5.69 Å². The summed E-state index contributed by atoms with van der Waals surface area (Å²) in [6.45, 7) is 2.28. The molecule has 2 aromatic rings. The summed E-state index contributed by atoms with van der Waals surface area (Å²) in [5.41, 5.74) is 8.44. The van der Waals surface area contributed by atoms with Gasteiger partial charge in [0.2, 0.25) is 0 Å². The van der Waals surface area contributed by atoms with Crippen molar-refractivity contribution < 1.29 is 4.74 Å². The molecule has 0 atom stereocenters. The van der Waals surface area contributed by atoms with Crippen LogP contribution in [0.3, 0.4) is 0 Å². The van der Waals surface area contributed by atoms with Gasteiger partial charge in [-0.25, -0.2) is 9.97 Å². The number of ether oxygens (including phenoxy) is 1. The molecule has 0 aliphatic rings. The first-order valence-corrected chi connectivity index (χ1v) is 5.24. The quantitative estimate of drug-likeness (QED) is 0.866. The first-order valence-electron chi connectivity index (χ1n) is 5.24. The van der Waals surface area contributed by atoms with E-state index in [2.05, 4.69) is 15.0 Å². The fourth-order valence-corrected chi connectivity index (χ4v) is 1.56. The third-order valence-electron chi connectivity index (χ3n) is 2.26. The first-order chi connectivity index (χ1) is 8.19. The van der Waals surface area contributed by atoms with Crippen LogP contribution < -0.4 is 5.73 Å². The highest BCUT2D eigenvalue weighted by Gasteiger charge is 2.05. The van der Waals surface area contributed by atoms with Crippen LogP contribution in [0.25, 0.3) is 11.3 Å². The number of rotatable bonds is 3. The average molecular weight is 230 g/mol. The fraction of sp³-hybridized carbons (Fsp3) is 0.250. The Morgan fingerprint density at radius 3 is 2.82 bits per heavy atom. The molecule has 0 saturated heterocycles. The van der Waals surface area contributed by atoms with Gasteiger partial charge in [0, 0.05) is 30.6 Å². The van der Waals surface area contributed by atoms with E-state index in [0.717, 1.165) is 17.0 Å². The Bertz CT molecular complexity index is 528. The Hall–Kier alpha value is -2.01. The summed E-state index contributed by atoms with van der Waals surface area (Å²) < 4.78 is 5.00. The van der Waals surface area contributed by atoms with Crippen LogP contribution >= 0.6 is 0 Å². The van der Waals surface area contributed by atoms with Gasteiger partial charge in [-0.05, 0) is 19.1 Å². The highest BCUT2D eigenvalue weighted by atomic mass is 16.5. The largest absolute Gasteiger partial charge is 0.384 e. The van der Waals surface area contributed by atoms with E-state index in [9.17, 15) is 0 Å². The maximum atomic E-state index is 5.74. The minimum absolute atomic E-state index is 0.349. The molecule has 0 radical (unpaired) electrons. The normalized spacial score (nSPS) is 10.5. The van der Waals surface area contributed by atoms with Crippen LogP contribution in [0.1, 0.15) is 11.5 Å². The molecule has 17 heavy (non-hydrogen) atoms. The van der Waals surface area contributed by atoms with E-state index < -0.39 is 0 Å². The lowest BCUT2D eigenvalue weighted by Gasteiger charge is -2.05. The standard InChI is InChI=1S/C12H14N4O/c1-8-5-9(3-4-14-8)10-6-11(13)16-12(15-10)7-17-2/h3-6H,7H2,1-2H3,(H2,13,15,16). The van der Waals surface area contributed by atoms with Crippen LogP contribution in [0.2, 0.25) is 0 Å². The Kier molecular flexibility index (Phi) is 3.30. The number of aryl methyl sites for hydroxylation is 1. The molecule has 2 heterocycles. The van der Waals surface area contributed by atoms with Crippen molar-refractivity contribution in [3.8, 4) is 11.3 Å². The van der Waals surface area contributed by atoms with Crippen molar-refractivity contribution in [1.29, 1.82) is 0 Å². The summed E-state index contributed by atoms with van der Waals surface area (Å²) in [5.74, 6) is 1.02. The van der Waals surface area contributed by atoms with Gasteiger partial charge in [0.1, 0.15) is 12.4 Å². The Balaban J connectivity index is 2.44. The molecule has 0 saturated carbocycles. The Labute approximate surface area is 99.7 Å². The lowest BCUT2D eigenvalue weighted by Crippen LogP contribution is -2.02. The van der Waals surface area contributed by atoms with Gasteiger partial charge in [-0.1, -0.05) is 0 Å². The number of aromatic nitrogens is 3. The number of nitrogen functional groups attached to an aromatic ring is 1. The van der Waals surface area contributed by atoms with Gasteiger partial charge in [-0.2, -0.15) is 0 Å². The zero-order valence-corrected chi connectivity index (χ0v) is 9.84. The predicted octanol–water partition coefficient (Wildman–Crippen LogP) is 1.58. The summed E-state index contributed by atoms with van der Waals surface area (Å²) >= 11 is 0. The number of anilines is 1. The topological polar surface area (TPSA) is 73.9 Å². The van der Waals surface area contributed by atoms with E-state index in [4.69, 9.17) is 10.5 Å². The van der Waals surface area contributed by atoms with Crippen molar-refractivity contribution in [2.24, 2.45) is 0 Å². The molecule has 0 aliphatic heterocycles. The predicted molar refractivity (Wildman–Crippen MR) is 65.1 cm³/mol. The Morgan fingerprint density at radius 2 is 2.12 bits per heavy atom. The summed E-state index contributed by atoms with van der Waals surface area (Å²) in [5, 5.41) is 0. The van der Waals surface area contributed by atoms with E-state index in [-0.39, 0.29) is 0 Å². The second kappa shape index (κ2) is 4.88. The van der Waals surface area contributed by atoms with Gasteiger partial charge in [0.15, 0.2) is 5.82 Å². The minimum atomic E-state index is 0.349. The molecule has 88 valence electrons. The van der Waals surface area contributed by atoms with Crippen LogP contribution in [-0.2, 0) is 11.3 Å². The second-order valence-corrected chi connectivity index (χ2v) is 3.71. The van der Waals surface area contributed by atoms with Crippen LogP contribution in [0.5, 0.6) is 0 Å². The molecular formula is C12H14N4O. The maximum absolute atomic E-state index is 5.74. The molecule has 5 nitrogen and oxygen atoms in total. The summed E-state index contributed by atoms with van der Waals surface area (Å²) in [7, 11) is 1.60. The van der Waals surface area contributed by atoms with Crippen LogP contribution in [-0.4, -0.2) is 22.1 Å². The molecule has 5 heteroatoms. The zero-order valence-electron chi connectivity index (χ0n) is 9.84. The monoisotopic (exact) mass is 230 g/mol. The van der Waals surface area contributed by atoms with E-state index in [0.29, 0.717) is 18.2 Å². The average Bonchev–Trinajstić information content (AvgIpc) is 2.28. The van der Waals surface area contributed by atoms with Gasteiger partial charge < -0.3 is 10.5 Å². The molecule has 2 aromatic heterocycles. The smallest absolute Gasteiger partial charge is 0.157 e. The third-order valence-corrected chi connectivity index (χ3v) is 2.26. The van der Waals surface area contributed by atoms with Gasteiger partial charge in [-0.3, -0.25) is 4.98 Å². The Morgan fingerprint density at radius 1 is 1.29 bits per heavy atom. The summed E-state index contributed by atoms with van der Waals surface area (Å²) in [6, 6.07) is 5.59. The summed E-state index contributed by atoms with van der Waals surface area (Å²) in [4.78, 5) is 12.6. The first kappa shape index (κ1) is 11.5. The zero-order chi connectivity index (χ0) is 12.3. The number of methoxy groups -OCH3 is 1. The van der Waals surface area contributed by atoms with Crippen LogP contribution in [0.15, 0.2) is 24.4 Å². The van der Waals surface area contributed by atoms with Crippen molar-refractivity contribution >= 4 is 5.82 Å². The number of nitrogens with two attached hydrogens (primary N) is 1. The number of pyridine rings is 1. The van der Waals surface area contributed by atoms with Crippen molar-refractivity contribution in [3.63, 3.8) is 0 Å². The lowest BCUT2D eigenvalue weighted by molar-refractivity contribution is 0.178. The van der Waals surface area contributed by atoms with E-state index in [1.54, 1.807) is 19.4 Å². The lowest BCUT2D eigenvalue weighted by atomic mass is 10.1. The molecule has 0 fully saturated rings. The van der Waals surface area contributed by atoms with E-state index in [1.165, 1.54) is 0 Å². The second-order valence-electron chi connectivity index (χ2n) is 3.71.